The Hall–Kier alpha value is -2.40. The van der Waals surface area contributed by atoms with Crippen molar-refractivity contribution in [1.82, 2.24) is 0 Å². The highest BCUT2D eigenvalue weighted by atomic mass is 19.1. The molecule has 5 heteroatoms. The third-order valence-corrected chi connectivity index (χ3v) is 6.51. The normalized spacial score (nSPS) is 25.3. The van der Waals surface area contributed by atoms with Crippen molar-refractivity contribution in [3.8, 4) is 11.5 Å². The van der Waals surface area contributed by atoms with E-state index in [0.717, 1.165) is 50.5 Å². The first kappa shape index (κ1) is 19.9. The van der Waals surface area contributed by atoms with Crippen LogP contribution in [0, 0.1) is 11.2 Å². The second-order valence-electron chi connectivity index (χ2n) is 8.60. The first-order valence-corrected chi connectivity index (χ1v) is 10.3. The highest BCUT2D eigenvalue weighted by molar-refractivity contribution is 5.66. The van der Waals surface area contributed by atoms with Crippen LogP contribution in [0.3, 0.4) is 0 Å². The van der Waals surface area contributed by atoms with Gasteiger partial charge in [-0.3, -0.25) is 4.79 Å². The van der Waals surface area contributed by atoms with Gasteiger partial charge in [-0.15, -0.1) is 0 Å². The summed E-state index contributed by atoms with van der Waals surface area (Å²) in [7, 11) is 0. The summed E-state index contributed by atoms with van der Waals surface area (Å²) in [5.74, 6) is 0.311. The maximum absolute atomic E-state index is 13.0. The maximum atomic E-state index is 13.0. The lowest BCUT2D eigenvalue weighted by Crippen LogP contribution is -2.26. The van der Waals surface area contributed by atoms with Gasteiger partial charge < -0.3 is 14.6 Å². The van der Waals surface area contributed by atoms with E-state index in [2.05, 4.69) is 0 Å². The molecular weight excluding hydrogens is 371 g/mol. The Bertz CT molecular complexity index is 853. The van der Waals surface area contributed by atoms with Gasteiger partial charge in [-0.1, -0.05) is 12.1 Å². The third-order valence-electron chi connectivity index (χ3n) is 6.51. The van der Waals surface area contributed by atoms with Gasteiger partial charge in [0.15, 0.2) is 0 Å². The SMILES string of the molecule is O=C(O)CCCC12CCC(OCc3cccc(Oc4ccc(F)cc4)c3)(CC1)C2. The molecule has 2 aliphatic carbocycles. The minimum atomic E-state index is -0.706. The van der Waals surface area contributed by atoms with Crippen molar-refractivity contribution in [3.63, 3.8) is 0 Å². The molecule has 0 spiro atoms. The lowest BCUT2D eigenvalue weighted by atomic mass is 9.80. The Morgan fingerprint density at radius 3 is 2.52 bits per heavy atom. The van der Waals surface area contributed by atoms with E-state index in [1.54, 1.807) is 12.1 Å². The number of benzene rings is 2. The average Bonchev–Trinajstić information content (AvgIpc) is 3.25. The molecule has 1 N–H and O–H groups in total. The van der Waals surface area contributed by atoms with Crippen LogP contribution in [0.4, 0.5) is 4.39 Å². The smallest absolute Gasteiger partial charge is 0.303 e. The van der Waals surface area contributed by atoms with E-state index in [0.29, 0.717) is 18.1 Å². The zero-order valence-corrected chi connectivity index (χ0v) is 16.5. The van der Waals surface area contributed by atoms with Gasteiger partial charge in [0, 0.05) is 6.42 Å². The van der Waals surface area contributed by atoms with Gasteiger partial charge in [0.05, 0.1) is 12.2 Å². The van der Waals surface area contributed by atoms with Crippen molar-refractivity contribution in [2.45, 2.75) is 63.6 Å². The number of halogens is 1. The molecule has 29 heavy (non-hydrogen) atoms. The standard InChI is InChI=1S/C24H27FO4/c25-19-6-8-20(9-7-19)29-21-4-1-3-18(15-21)16-28-24-13-11-23(17-24,12-14-24)10-2-5-22(26)27/h1,3-4,6-9,15H,2,5,10-14,16-17H2,(H,26,27). The minimum Gasteiger partial charge on any atom is -0.481 e. The lowest BCUT2D eigenvalue weighted by molar-refractivity contribution is -0.137. The van der Waals surface area contributed by atoms with Crippen molar-refractivity contribution in [2.24, 2.45) is 5.41 Å². The zero-order chi connectivity index (χ0) is 20.3. The number of hydrogen-bond acceptors (Lipinski definition) is 3. The number of hydrogen-bond donors (Lipinski definition) is 1. The van der Waals surface area contributed by atoms with Gasteiger partial charge in [0.25, 0.3) is 0 Å². The largest absolute Gasteiger partial charge is 0.481 e. The Kier molecular flexibility index (Phi) is 5.59. The summed E-state index contributed by atoms with van der Waals surface area (Å²) < 4.78 is 25.3. The van der Waals surface area contributed by atoms with Crippen LogP contribution >= 0.6 is 0 Å². The van der Waals surface area contributed by atoms with Crippen LogP contribution < -0.4 is 4.74 Å². The maximum Gasteiger partial charge on any atom is 0.303 e. The van der Waals surface area contributed by atoms with Crippen LogP contribution in [0.25, 0.3) is 0 Å². The number of carboxylic acid groups (broad SMARTS) is 1. The Morgan fingerprint density at radius 1 is 1.03 bits per heavy atom. The van der Waals surface area contributed by atoms with Crippen LogP contribution in [-0.2, 0) is 16.1 Å². The Balaban J connectivity index is 1.33. The van der Waals surface area contributed by atoms with E-state index in [-0.39, 0.29) is 23.3 Å². The predicted molar refractivity (Wildman–Crippen MR) is 107 cm³/mol. The fourth-order valence-corrected chi connectivity index (χ4v) is 5.00. The van der Waals surface area contributed by atoms with Gasteiger partial charge in [-0.2, -0.15) is 0 Å². The first-order valence-electron chi connectivity index (χ1n) is 10.3. The molecule has 2 bridgehead atoms. The molecular formula is C24H27FO4. The molecule has 2 fully saturated rings. The molecule has 0 amide bonds. The van der Waals surface area contributed by atoms with Crippen LogP contribution in [-0.4, -0.2) is 16.7 Å². The molecule has 4 rings (SSSR count). The summed E-state index contributed by atoms with van der Waals surface area (Å²) in [5.41, 5.74) is 1.27. The monoisotopic (exact) mass is 398 g/mol. The summed E-state index contributed by atoms with van der Waals surface area (Å²) in [5, 5.41) is 8.89. The summed E-state index contributed by atoms with van der Waals surface area (Å²) in [6, 6.07) is 13.8. The Morgan fingerprint density at radius 2 is 1.79 bits per heavy atom. The molecule has 0 heterocycles. The van der Waals surface area contributed by atoms with E-state index >= 15 is 0 Å². The fourth-order valence-electron chi connectivity index (χ4n) is 5.00. The van der Waals surface area contributed by atoms with E-state index in [1.165, 1.54) is 12.1 Å². The zero-order valence-electron chi connectivity index (χ0n) is 16.5. The molecule has 0 radical (unpaired) electrons. The van der Waals surface area contributed by atoms with Crippen LogP contribution in [0.2, 0.25) is 0 Å². The van der Waals surface area contributed by atoms with Crippen LogP contribution in [0.15, 0.2) is 48.5 Å². The minimum absolute atomic E-state index is 0.0585. The van der Waals surface area contributed by atoms with E-state index in [4.69, 9.17) is 14.6 Å². The highest BCUT2D eigenvalue weighted by Crippen LogP contribution is 2.60. The lowest BCUT2D eigenvalue weighted by Gasteiger charge is -2.28. The molecule has 0 aliphatic heterocycles. The second kappa shape index (κ2) is 8.15. The fraction of sp³-hybridized carbons (Fsp3) is 0.458. The number of carboxylic acids is 1. The molecule has 2 aromatic carbocycles. The molecule has 154 valence electrons. The van der Waals surface area contributed by atoms with Crippen molar-refractivity contribution in [3.05, 3.63) is 59.9 Å². The van der Waals surface area contributed by atoms with Crippen molar-refractivity contribution in [1.29, 1.82) is 0 Å². The van der Waals surface area contributed by atoms with Gasteiger partial charge in [0.1, 0.15) is 17.3 Å². The topological polar surface area (TPSA) is 55.8 Å². The quantitative estimate of drug-likeness (QED) is 0.555. The number of ether oxygens (including phenoxy) is 2. The summed E-state index contributed by atoms with van der Waals surface area (Å²) in [6.07, 6.45) is 7.46. The predicted octanol–water partition coefficient (Wildman–Crippen LogP) is 6.09. The highest BCUT2D eigenvalue weighted by Gasteiger charge is 2.54. The van der Waals surface area contributed by atoms with Gasteiger partial charge in [-0.25, -0.2) is 4.39 Å². The molecule has 2 aromatic rings. The van der Waals surface area contributed by atoms with Crippen LogP contribution in [0.1, 0.15) is 56.9 Å². The molecule has 2 aliphatic rings. The van der Waals surface area contributed by atoms with Gasteiger partial charge in [-0.05, 0) is 92.3 Å². The van der Waals surface area contributed by atoms with E-state index in [1.807, 2.05) is 24.3 Å². The van der Waals surface area contributed by atoms with E-state index < -0.39 is 5.97 Å². The molecule has 0 atom stereocenters. The Labute approximate surface area is 170 Å². The molecule has 2 saturated carbocycles. The molecule has 4 nitrogen and oxygen atoms in total. The first-order chi connectivity index (χ1) is 14.0. The van der Waals surface area contributed by atoms with E-state index in [9.17, 15) is 9.18 Å². The summed E-state index contributed by atoms with van der Waals surface area (Å²) >= 11 is 0. The molecule has 0 unspecified atom stereocenters. The van der Waals surface area contributed by atoms with Crippen LogP contribution in [0.5, 0.6) is 11.5 Å². The summed E-state index contributed by atoms with van der Waals surface area (Å²) in [6.45, 7) is 0.534. The molecule has 0 aromatic heterocycles. The second-order valence-corrected chi connectivity index (χ2v) is 8.60. The average molecular weight is 398 g/mol. The summed E-state index contributed by atoms with van der Waals surface area (Å²) in [4.78, 5) is 10.8. The number of fused-ring (bicyclic) bond motifs is 2. The van der Waals surface area contributed by atoms with Gasteiger partial charge >= 0.3 is 5.97 Å². The number of carbonyl (C=O) groups is 1. The van der Waals surface area contributed by atoms with Crippen molar-refractivity contribution in [2.75, 3.05) is 0 Å². The van der Waals surface area contributed by atoms with Crippen molar-refractivity contribution < 1.29 is 23.8 Å². The van der Waals surface area contributed by atoms with Crippen molar-refractivity contribution >= 4 is 5.97 Å². The number of rotatable bonds is 9. The molecule has 0 saturated heterocycles. The third kappa shape index (κ3) is 4.78. The number of aliphatic carboxylic acids is 1. The van der Waals surface area contributed by atoms with Gasteiger partial charge in [0.2, 0.25) is 0 Å².